The fourth-order valence-corrected chi connectivity index (χ4v) is 6.52. The fourth-order valence-electron chi connectivity index (χ4n) is 4.47. The van der Waals surface area contributed by atoms with Crippen molar-refractivity contribution in [1.82, 2.24) is 14.5 Å². The van der Waals surface area contributed by atoms with Crippen molar-refractivity contribution in [2.45, 2.75) is 77.3 Å². The third-order valence-corrected chi connectivity index (χ3v) is 8.31. The molecule has 1 amide bonds. The van der Waals surface area contributed by atoms with E-state index in [9.17, 15) is 9.59 Å². The second-order valence-corrected chi connectivity index (χ2v) is 11.2. The highest BCUT2D eigenvalue weighted by molar-refractivity contribution is 7.99. The normalized spacial score (nSPS) is 16.0. The number of hydrogen-bond donors (Lipinski definition) is 0. The lowest BCUT2D eigenvalue weighted by atomic mass is 10.1. The molecule has 0 spiro atoms. The van der Waals surface area contributed by atoms with Crippen LogP contribution in [-0.2, 0) is 29.0 Å². The molecule has 6 nitrogen and oxygen atoms in total. The van der Waals surface area contributed by atoms with Crippen LogP contribution in [0.1, 0.15) is 49.6 Å². The predicted octanol–water partition coefficient (Wildman–Crippen LogP) is 5.04. The van der Waals surface area contributed by atoms with Gasteiger partial charge in [0.05, 0.1) is 23.8 Å². The Labute approximate surface area is 209 Å². The molecule has 2 aromatic heterocycles. The third-order valence-electron chi connectivity index (χ3n) is 6.31. The first-order valence-corrected chi connectivity index (χ1v) is 13.8. The maximum atomic E-state index is 13.6. The smallest absolute Gasteiger partial charge is 0.263 e. The number of aromatic nitrogens is 2. The van der Waals surface area contributed by atoms with Gasteiger partial charge < -0.3 is 9.64 Å². The van der Waals surface area contributed by atoms with Crippen molar-refractivity contribution >= 4 is 39.2 Å². The molecule has 0 unspecified atom stereocenters. The minimum atomic E-state index is -0.0124. The van der Waals surface area contributed by atoms with E-state index in [1.807, 2.05) is 49.1 Å². The molecule has 3 aromatic rings. The SMILES string of the molecule is CCc1c(C)sc2nc(SCC(=O)N(Cc3ccccc3)C(C)C)n(C[C@H]3CCCO3)c(=O)c12. The van der Waals surface area contributed by atoms with E-state index in [0.717, 1.165) is 52.1 Å². The Bertz CT molecular complexity index is 1200. The van der Waals surface area contributed by atoms with Crippen LogP contribution in [-0.4, -0.2) is 44.9 Å². The van der Waals surface area contributed by atoms with Crippen LogP contribution >= 0.6 is 23.1 Å². The molecule has 1 aliphatic heterocycles. The van der Waals surface area contributed by atoms with E-state index in [1.54, 1.807) is 15.9 Å². The van der Waals surface area contributed by atoms with Gasteiger partial charge in [-0.2, -0.15) is 0 Å². The molecule has 0 bridgehead atoms. The van der Waals surface area contributed by atoms with Crippen molar-refractivity contribution in [2.24, 2.45) is 0 Å². The molecule has 0 radical (unpaired) electrons. The lowest BCUT2D eigenvalue weighted by Crippen LogP contribution is -2.37. The number of thioether (sulfide) groups is 1. The average Bonchev–Trinajstić information content (AvgIpc) is 3.45. The molecule has 0 N–H and O–H groups in total. The molecule has 1 aliphatic rings. The minimum absolute atomic E-state index is 0.0124. The molecular formula is C26H33N3O3S2. The summed E-state index contributed by atoms with van der Waals surface area (Å²) in [6.07, 6.45) is 2.77. The minimum Gasteiger partial charge on any atom is -0.376 e. The van der Waals surface area contributed by atoms with Crippen molar-refractivity contribution in [2.75, 3.05) is 12.4 Å². The summed E-state index contributed by atoms with van der Waals surface area (Å²) < 4.78 is 7.58. The summed E-state index contributed by atoms with van der Waals surface area (Å²) in [7, 11) is 0. The summed E-state index contributed by atoms with van der Waals surface area (Å²) in [6, 6.07) is 10.1. The van der Waals surface area contributed by atoms with Crippen molar-refractivity contribution in [1.29, 1.82) is 0 Å². The average molecular weight is 500 g/mol. The maximum Gasteiger partial charge on any atom is 0.263 e. The monoisotopic (exact) mass is 499 g/mol. The third kappa shape index (κ3) is 5.39. The predicted molar refractivity (Wildman–Crippen MR) is 140 cm³/mol. The summed E-state index contributed by atoms with van der Waals surface area (Å²) in [4.78, 5) is 35.5. The van der Waals surface area contributed by atoms with Crippen molar-refractivity contribution in [3.63, 3.8) is 0 Å². The van der Waals surface area contributed by atoms with Crippen LogP contribution in [0.2, 0.25) is 0 Å². The van der Waals surface area contributed by atoms with Gasteiger partial charge in [-0.05, 0) is 51.2 Å². The molecule has 1 saturated heterocycles. The summed E-state index contributed by atoms with van der Waals surface area (Å²) in [5.74, 6) is 0.276. The second kappa shape index (κ2) is 11.1. The zero-order valence-corrected chi connectivity index (χ0v) is 22.0. The van der Waals surface area contributed by atoms with Gasteiger partial charge in [0.1, 0.15) is 4.83 Å². The topological polar surface area (TPSA) is 64.4 Å². The van der Waals surface area contributed by atoms with Gasteiger partial charge in [-0.1, -0.05) is 49.0 Å². The van der Waals surface area contributed by atoms with Crippen LogP contribution < -0.4 is 5.56 Å². The Balaban J connectivity index is 1.61. The standard InChI is InChI=1S/C26H33N3O3S2/c1-5-21-18(4)34-24-23(21)25(31)29(15-20-12-9-13-32-20)26(27-24)33-16-22(30)28(17(2)3)14-19-10-7-6-8-11-19/h6-8,10-11,17,20H,5,9,12-16H2,1-4H3/t20-/m1/s1. The number of rotatable bonds is 9. The van der Waals surface area contributed by atoms with Gasteiger partial charge in [0.2, 0.25) is 5.91 Å². The molecule has 1 fully saturated rings. The van der Waals surface area contributed by atoms with Gasteiger partial charge in [-0.3, -0.25) is 14.2 Å². The lowest BCUT2D eigenvalue weighted by molar-refractivity contribution is -0.130. The van der Waals surface area contributed by atoms with Gasteiger partial charge in [0.15, 0.2) is 5.16 Å². The Hall–Kier alpha value is -2.16. The Morgan fingerprint density at radius 2 is 2.09 bits per heavy atom. The molecular weight excluding hydrogens is 466 g/mol. The van der Waals surface area contributed by atoms with E-state index < -0.39 is 0 Å². The Morgan fingerprint density at radius 3 is 2.74 bits per heavy atom. The van der Waals surface area contributed by atoms with Gasteiger partial charge in [0, 0.05) is 24.1 Å². The summed E-state index contributed by atoms with van der Waals surface area (Å²) in [5.41, 5.74) is 2.17. The lowest BCUT2D eigenvalue weighted by Gasteiger charge is -2.27. The van der Waals surface area contributed by atoms with Gasteiger partial charge in [-0.25, -0.2) is 4.98 Å². The first-order chi connectivity index (χ1) is 16.4. The number of thiophene rings is 1. The van der Waals surface area contributed by atoms with Crippen molar-refractivity contribution < 1.29 is 9.53 Å². The number of benzene rings is 1. The number of amides is 1. The van der Waals surface area contributed by atoms with Crippen LogP contribution in [0.5, 0.6) is 0 Å². The Kier molecular flexibility index (Phi) is 8.11. The molecule has 1 atom stereocenters. The van der Waals surface area contributed by atoms with E-state index >= 15 is 0 Å². The number of carbonyl (C=O) groups excluding carboxylic acids is 1. The number of aryl methyl sites for hydroxylation is 2. The highest BCUT2D eigenvalue weighted by Gasteiger charge is 2.24. The zero-order valence-electron chi connectivity index (χ0n) is 20.4. The molecule has 3 heterocycles. The van der Waals surface area contributed by atoms with Crippen LogP contribution in [0.3, 0.4) is 0 Å². The highest BCUT2D eigenvalue weighted by atomic mass is 32.2. The van der Waals surface area contributed by atoms with E-state index in [4.69, 9.17) is 9.72 Å². The van der Waals surface area contributed by atoms with Gasteiger partial charge in [-0.15, -0.1) is 11.3 Å². The van der Waals surface area contributed by atoms with Crippen molar-refractivity contribution in [3.8, 4) is 0 Å². The number of nitrogens with zero attached hydrogens (tertiary/aromatic N) is 3. The van der Waals surface area contributed by atoms with Gasteiger partial charge in [0.25, 0.3) is 5.56 Å². The molecule has 8 heteroatoms. The van der Waals surface area contributed by atoms with Crippen molar-refractivity contribution in [3.05, 3.63) is 56.7 Å². The molecule has 1 aromatic carbocycles. The summed E-state index contributed by atoms with van der Waals surface area (Å²) in [5, 5.41) is 1.33. The molecule has 4 rings (SSSR count). The first-order valence-electron chi connectivity index (χ1n) is 12.0. The number of ether oxygens (including phenoxy) is 1. The number of hydrogen-bond acceptors (Lipinski definition) is 6. The Morgan fingerprint density at radius 1 is 1.32 bits per heavy atom. The summed E-state index contributed by atoms with van der Waals surface area (Å²) in [6.45, 7) is 9.97. The molecule has 0 saturated carbocycles. The second-order valence-electron chi connectivity index (χ2n) is 9.01. The van der Waals surface area contributed by atoms with Crippen LogP contribution in [0.25, 0.3) is 10.2 Å². The van der Waals surface area contributed by atoms with E-state index in [-0.39, 0.29) is 29.4 Å². The van der Waals surface area contributed by atoms with Gasteiger partial charge >= 0.3 is 0 Å². The van der Waals surface area contributed by atoms with Crippen LogP contribution in [0.15, 0.2) is 40.3 Å². The number of carbonyl (C=O) groups is 1. The van der Waals surface area contributed by atoms with E-state index in [2.05, 4.69) is 13.8 Å². The largest absolute Gasteiger partial charge is 0.376 e. The first kappa shape index (κ1) is 24.9. The number of fused-ring (bicyclic) bond motifs is 1. The molecule has 34 heavy (non-hydrogen) atoms. The van der Waals surface area contributed by atoms with Crippen LogP contribution in [0.4, 0.5) is 0 Å². The molecule has 182 valence electrons. The molecule has 0 aliphatic carbocycles. The summed E-state index contributed by atoms with van der Waals surface area (Å²) >= 11 is 2.92. The zero-order chi connectivity index (χ0) is 24.2. The maximum absolute atomic E-state index is 13.6. The highest BCUT2D eigenvalue weighted by Crippen LogP contribution is 2.30. The van der Waals surface area contributed by atoms with Crippen LogP contribution in [0, 0.1) is 6.92 Å². The fraction of sp³-hybridized carbons (Fsp3) is 0.500. The van der Waals surface area contributed by atoms with E-state index in [1.165, 1.54) is 11.8 Å². The van der Waals surface area contributed by atoms with E-state index in [0.29, 0.717) is 18.2 Å². The quantitative estimate of drug-likeness (QED) is 0.305.